The lowest BCUT2D eigenvalue weighted by atomic mass is 9.76. The second-order valence-electron chi connectivity index (χ2n) is 5.14. The van der Waals surface area contributed by atoms with Crippen LogP contribution in [0.4, 0.5) is 0 Å². The van der Waals surface area contributed by atoms with E-state index in [1.54, 1.807) is 0 Å². The minimum atomic E-state index is 0.160. The van der Waals surface area contributed by atoms with Crippen molar-refractivity contribution in [2.45, 2.75) is 38.3 Å². The number of fused-ring (bicyclic) bond motifs is 1. The molecule has 3 nitrogen and oxygen atoms in total. The van der Waals surface area contributed by atoms with Crippen molar-refractivity contribution in [1.29, 1.82) is 0 Å². The summed E-state index contributed by atoms with van der Waals surface area (Å²) in [7, 11) is 0. The molecule has 1 heterocycles. The maximum Gasteiger partial charge on any atom is 0.254 e. The number of nitrogens with two attached hydrogens (primary N) is 1. The van der Waals surface area contributed by atoms with Gasteiger partial charge >= 0.3 is 0 Å². The van der Waals surface area contributed by atoms with Crippen LogP contribution in [0.1, 0.15) is 31.2 Å². The van der Waals surface area contributed by atoms with E-state index in [4.69, 9.17) is 5.73 Å². The van der Waals surface area contributed by atoms with Crippen molar-refractivity contribution in [3.63, 3.8) is 0 Å². The monoisotopic (exact) mass is 242 g/mol. The molecule has 1 saturated carbocycles. The third kappa shape index (κ3) is 1.66. The molecule has 2 aromatic rings. The quantitative estimate of drug-likeness (QED) is 0.877. The zero-order chi connectivity index (χ0) is 12.7. The van der Waals surface area contributed by atoms with E-state index < -0.39 is 0 Å². The molecule has 18 heavy (non-hydrogen) atoms. The maximum atomic E-state index is 12.5. The standard InChI is InChI=1S/C15H18N2O/c1-2-17-14-6-4-3-5-10(14)9-13(15(17)18)11-7-12(16)8-11/h3-6,9,11-12H,2,7-8,16H2,1H3. The van der Waals surface area contributed by atoms with Crippen molar-refractivity contribution in [3.05, 3.63) is 46.2 Å². The molecular weight excluding hydrogens is 224 g/mol. The third-order valence-electron chi connectivity index (χ3n) is 3.96. The highest BCUT2D eigenvalue weighted by Crippen LogP contribution is 2.34. The molecule has 1 aromatic heterocycles. The first-order chi connectivity index (χ1) is 8.70. The Morgan fingerprint density at radius 2 is 2.06 bits per heavy atom. The third-order valence-corrected chi connectivity index (χ3v) is 3.96. The van der Waals surface area contributed by atoms with Crippen molar-refractivity contribution < 1.29 is 0 Å². The van der Waals surface area contributed by atoms with Crippen LogP contribution in [-0.4, -0.2) is 10.6 Å². The molecule has 1 fully saturated rings. The molecule has 2 N–H and O–H groups in total. The van der Waals surface area contributed by atoms with Gasteiger partial charge in [0, 0.05) is 18.2 Å². The molecule has 1 aliphatic carbocycles. The number of para-hydroxylation sites is 1. The zero-order valence-electron chi connectivity index (χ0n) is 10.6. The second kappa shape index (κ2) is 4.25. The van der Waals surface area contributed by atoms with Crippen LogP contribution in [-0.2, 0) is 6.54 Å². The number of benzene rings is 1. The van der Waals surface area contributed by atoms with Crippen LogP contribution in [0.15, 0.2) is 35.1 Å². The first-order valence-corrected chi connectivity index (χ1v) is 6.58. The number of hydrogen-bond acceptors (Lipinski definition) is 2. The van der Waals surface area contributed by atoms with E-state index in [1.165, 1.54) is 0 Å². The summed E-state index contributed by atoms with van der Waals surface area (Å²) in [6, 6.07) is 10.4. The molecule has 0 radical (unpaired) electrons. The summed E-state index contributed by atoms with van der Waals surface area (Å²) in [4.78, 5) is 12.5. The SMILES string of the molecule is CCn1c(=O)c(C2CC(N)C2)cc2ccccc21. The Morgan fingerprint density at radius 1 is 1.33 bits per heavy atom. The Morgan fingerprint density at radius 3 is 2.72 bits per heavy atom. The van der Waals surface area contributed by atoms with Gasteiger partial charge in [-0.05, 0) is 43.2 Å². The van der Waals surface area contributed by atoms with Crippen molar-refractivity contribution in [2.75, 3.05) is 0 Å². The lowest BCUT2D eigenvalue weighted by Crippen LogP contribution is -2.38. The molecule has 3 rings (SSSR count). The van der Waals surface area contributed by atoms with Gasteiger partial charge in [0.1, 0.15) is 0 Å². The summed E-state index contributed by atoms with van der Waals surface area (Å²) >= 11 is 0. The van der Waals surface area contributed by atoms with Crippen molar-refractivity contribution in [3.8, 4) is 0 Å². The first-order valence-electron chi connectivity index (χ1n) is 6.58. The largest absolute Gasteiger partial charge is 0.328 e. The number of nitrogens with zero attached hydrogens (tertiary/aromatic N) is 1. The highest BCUT2D eigenvalue weighted by molar-refractivity contribution is 5.79. The minimum absolute atomic E-state index is 0.160. The van der Waals surface area contributed by atoms with Crippen LogP contribution in [0, 0.1) is 0 Å². The van der Waals surface area contributed by atoms with E-state index in [2.05, 4.69) is 12.1 Å². The fourth-order valence-corrected chi connectivity index (χ4v) is 2.87. The fourth-order valence-electron chi connectivity index (χ4n) is 2.87. The summed E-state index contributed by atoms with van der Waals surface area (Å²) in [6.07, 6.45) is 1.88. The van der Waals surface area contributed by atoms with E-state index in [-0.39, 0.29) is 11.6 Å². The van der Waals surface area contributed by atoms with Crippen molar-refractivity contribution >= 4 is 10.9 Å². The molecule has 0 saturated heterocycles. The maximum absolute atomic E-state index is 12.5. The highest BCUT2D eigenvalue weighted by atomic mass is 16.1. The molecule has 0 unspecified atom stereocenters. The Balaban J connectivity index is 2.21. The molecule has 0 spiro atoms. The van der Waals surface area contributed by atoms with Gasteiger partial charge in [-0.15, -0.1) is 0 Å². The van der Waals surface area contributed by atoms with Gasteiger partial charge in [-0.1, -0.05) is 18.2 Å². The normalized spacial score (nSPS) is 23.0. The minimum Gasteiger partial charge on any atom is -0.328 e. The highest BCUT2D eigenvalue weighted by Gasteiger charge is 2.29. The van der Waals surface area contributed by atoms with Gasteiger partial charge in [-0.3, -0.25) is 4.79 Å². The summed E-state index contributed by atoms with van der Waals surface area (Å²) in [5, 5.41) is 1.15. The molecule has 1 aliphatic rings. The molecule has 0 bridgehead atoms. The predicted octanol–water partition coefficient (Wildman–Crippen LogP) is 2.23. The van der Waals surface area contributed by atoms with Gasteiger partial charge in [0.05, 0.1) is 5.52 Å². The molecule has 0 aliphatic heterocycles. The molecule has 94 valence electrons. The van der Waals surface area contributed by atoms with Gasteiger partial charge < -0.3 is 10.3 Å². The molecule has 3 heteroatoms. The molecular formula is C15H18N2O. The first kappa shape index (κ1) is 11.5. The van der Waals surface area contributed by atoms with Crippen LogP contribution < -0.4 is 11.3 Å². The Kier molecular flexibility index (Phi) is 2.71. The molecule has 1 aromatic carbocycles. The fraction of sp³-hybridized carbons (Fsp3) is 0.400. The summed E-state index contributed by atoms with van der Waals surface area (Å²) in [5.41, 5.74) is 7.96. The van der Waals surface area contributed by atoms with Crippen LogP contribution in [0.3, 0.4) is 0 Å². The summed E-state index contributed by atoms with van der Waals surface area (Å²) in [5.74, 6) is 0.356. The number of aryl methyl sites for hydroxylation is 1. The van der Waals surface area contributed by atoms with Gasteiger partial charge in [-0.2, -0.15) is 0 Å². The summed E-state index contributed by atoms with van der Waals surface area (Å²) in [6.45, 7) is 2.73. The smallest absolute Gasteiger partial charge is 0.254 e. The summed E-state index contributed by atoms with van der Waals surface area (Å²) < 4.78 is 1.87. The number of rotatable bonds is 2. The Bertz CT molecular complexity index is 638. The van der Waals surface area contributed by atoms with Gasteiger partial charge in [-0.25, -0.2) is 0 Å². The van der Waals surface area contributed by atoms with Gasteiger partial charge in [0.15, 0.2) is 0 Å². The lowest BCUT2D eigenvalue weighted by molar-refractivity contribution is 0.348. The Hall–Kier alpha value is -1.61. The van der Waals surface area contributed by atoms with Crippen LogP contribution in [0.5, 0.6) is 0 Å². The average molecular weight is 242 g/mol. The number of pyridine rings is 1. The van der Waals surface area contributed by atoms with Crippen LogP contribution in [0.2, 0.25) is 0 Å². The van der Waals surface area contributed by atoms with Crippen LogP contribution in [0.25, 0.3) is 10.9 Å². The lowest BCUT2D eigenvalue weighted by Gasteiger charge is -2.32. The average Bonchev–Trinajstić information content (AvgIpc) is 2.35. The van der Waals surface area contributed by atoms with E-state index in [1.807, 2.05) is 29.7 Å². The van der Waals surface area contributed by atoms with E-state index in [0.29, 0.717) is 12.5 Å². The molecule has 0 atom stereocenters. The van der Waals surface area contributed by atoms with E-state index >= 15 is 0 Å². The number of hydrogen-bond donors (Lipinski definition) is 1. The van der Waals surface area contributed by atoms with Crippen molar-refractivity contribution in [2.24, 2.45) is 5.73 Å². The molecule has 0 amide bonds. The zero-order valence-corrected chi connectivity index (χ0v) is 10.6. The van der Waals surface area contributed by atoms with Gasteiger partial charge in [0.25, 0.3) is 5.56 Å². The second-order valence-corrected chi connectivity index (χ2v) is 5.14. The van der Waals surface area contributed by atoms with Gasteiger partial charge in [0.2, 0.25) is 0 Å². The van der Waals surface area contributed by atoms with E-state index in [0.717, 1.165) is 29.3 Å². The van der Waals surface area contributed by atoms with E-state index in [9.17, 15) is 4.79 Å². The predicted molar refractivity (Wildman–Crippen MR) is 73.8 cm³/mol. The van der Waals surface area contributed by atoms with Crippen molar-refractivity contribution in [1.82, 2.24) is 4.57 Å². The number of aromatic nitrogens is 1. The van der Waals surface area contributed by atoms with Crippen LogP contribution >= 0.6 is 0 Å². The topological polar surface area (TPSA) is 48.0 Å². The Labute approximate surface area is 106 Å².